The Morgan fingerprint density at radius 3 is 2.46 bits per heavy atom. The van der Waals surface area contributed by atoms with Crippen molar-refractivity contribution in [2.75, 3.05) is 26.3 Å². The number of hydrogen-bond acceptors (Lipinski definition) is 3. The van der Waals surface area contributed by atoms with Gasteiger partial charge in [-0.2, -0.15) is 12.6 Å². The van der Waals surface area contributed by atoms with E-state index in [0.29, 0.717) is 5.25 Å². The van der Waals surface area contributed by atoms with E-state index in [9.17, 15) is 0 Å². The smallest absolute Gasteiger partial charge is 0.0594 e. The molecule has 1 heterocycles. The minimum atomic E-state index is 0.604. The van der Waals surface area contributed by atoms with Gasteiger partial charge in [-0.15, -0.1) is 0 Å². The molecule has 0 aromatic carbocycles. The van der Waals surface area contributed by atoms with Crippen molar-refractivity contribution in [3.8, 4) is 0 Å². The Labute approximate surface area is 86.0 Å². The maximum Gasteiger partial charge on any atom is 0.0594 e. The molecule has 13 heavy (non-hydrogen) atoms. The summed E-state index contributed by atoms with van der Waals surface area (Å²) in [5.41, 5.74) is 0. The van der Waals surface area contributed by atoms with E-state index >= 15 is 0 Å². The van der Waals surface area contributed by atoms with Gasteiger partial charge in [-0.1, -0.05) is 12.8 Å². The second-order valence-electron chi connectivity index (χ2n) is 4.07. The number of ether oxygens (including phenoxy) is 1. The molecule has 76 valence electrons. The van der Waals surface area contributed by atoms with Crippen LogP contribution in [0.4, 0.5) is 0 Å². The van der Waals surface area contributed by atoms with Crippen LogP contribution in [-0.4, -0.2) is 42.5 Å². The maximum absolute atomic E-state index is 5.36. The number of rotatable bonds is 1. The van der Waals surface area contributed by atoms with Crippen molar-refractivity contribution in [1.82, 2.24) is 4.90 Å². The SMILES string of the molecule is S[C@H]1CCCC[C@@H]1N1CCOCC1. The van der Waals surface area contributed by atoms with Crippen LogP contribution in [-0.2, 0) is 4.74 Å². The van der Waals surface area contributed by atoms with Gasteiger partial charge in [0.25, 0.3) is 0 Å². The third kappa shape index (κ3) is 2.39. The fourth-order valence-corrected chi connectivity index (χ4v) is 2.95. The van der Waals surface area contributed by atoms with Crippen LogP contribution in [0, 0.1) is 0 Å². The average molecular weight is 201 g/mol. The topological polar surface area (TPSA) is 12.5 Å². The molecule has 1 aliphatic carbocycles. The van der Waals surface area contributed by atoms with Crippen molar-refractivity contribution in [1.29, 1.82) is 0 Å². The van der Waals surface area contributed by atoms with Crippen molar-refractivity contribution in [3.05, 3.63) is 0 Å². The van der Waals surface area contributed by atoms with Crippen molar-refractivity contribution in [3.63, 3.8) is 0 Å². The molecule has 0 aromatic rings. The number of nitrogens with zero attached hydrogens (tertiary/aromatic N) is 1. The number of morpholine rings is 1. The first-order chi connectivity index (χ1) is 6.38. The molecule has 1 aliphatic heterocycles. The Balaban J connectivity index is 1.88. The van der Waals surface area contributed by atoms with Crippen LogP contribution in [0.2, 0.25) is 0 Å². The van der Waals surface area contributed by atoms with Gasteiger partial charge in [0.05, 0.1) is 13.2 Å². The molecule has 0 unspecified atom stereocenters. The standard InChI is InChI=1S/C10H19NOS/c13-10-4-2-1-3-9(10)11-5-7-12-8-6-11/h9-10,13H,1-8H2/t9-,10-/m0/s1. The molecule has 2 nitrogen and oxygen atoms in total. The summed E-state index contributed by atoms with van der Waals surface area (Å²) < 4.78 is 5.36. The third-order valence-corrected chi connectivity index (χ3v) is 3.81. The van der Waals surface area contributed by atoms with Gasteiger partial charge in [-0.3, -0.25) is 4.90 Å². The van der Waals surface area contributed by atoms with E-state index in [0.717, 1.165) is 32.3 Å². The second kappa shape index (κ2) is 4.67. The van der Waals surface area contributed by atoms with Gasteiger partial charge in [-0.05, 0) is 12.8 Å². The third-order valence-electron chi connectivity index (χ3n) is 3.21. The summed E-state index contributed by atoms with van der Waals surface area (Å²) in [5.74, 6) is 0. The van der Waals surface area contributed by atoms with Crippen molar-refractivity contribution < 1.29 is 4.74 Å². The minimum absolute atomic E-state index is 0.604. The van der Waals surface area contributed by atoms with E-state index in [4.69, 9.17) is 4.74 Å². The Kier molecular flexibility index (Phi) is 3.52. The molecule has 0 radical (unpaired) electrons. The lowest BCUT2D eigenvalue weighted by Gasteiger charge is -2.39. The van der Waals surface area contributed by atoms with Crippen molar-refractivity contribution in [2.45, 2.75) is 37.0 Å². The molecular weight excluding hydrogens is 182 g/mol. The molecule has 2 aliphatic rings. The van der Waals surface area contributed by atoms with Crippen molar-refractivity contribution in [2.24, 2.45) is 0 Å². The zero-order valence-corrected chi connectivity index (χ0v) is 9.01. The Morgan fingerprint density at radius 2 is 1.77 bits per heavy atom. The summed E-state index contributed by atoms with van der Waals surface area (Å²) >= 11 is 4.68. The summed E-state index contributed by atoms with van der Waals surface area (Å²) in [7, 11) is 0. The van der Waals surface area contributed by atoms with E-state index in [-0.39, 0.29) is 0 Å². The van der Waals surface area contributed by atoms with Crippen LogP contribution in [0.15, 0.2) is 0 Å². The molecule has 0 spiro atoms. The van der Waals surface area contributed by atoms with Crippen LogP contribution >= 0.6 is 12.6 Å². The summed E-state index contributed by atoms with van der Waals surface area (Å²) in [5, 5.41) is 0.604. The summed E-state index contributed by atoms with van der Waals surface area (Å²) in [6.45, 7) is 4.05. The Hall–Kier alpha value is 0.270. The average Bonchev–Trinajstić information content (AvgIpc) is 2.20. The van der Waals surface area contributed by atoms with Crippen molar-refractivity contribution >= 4 is 12.6 Å². The molecule has 2 rings (SSSR count). The molecule has 0 aromatic heterocycles. The molecule has 1 saturated carbocycles. The maximum atomic E-state index is 5.36. The van der Waals surface area contributed by atoms with E-state index in [2.05, 4.69) is 17.5 Å². The minimum Gasteiger partial charge on any atom is -0.379 e. The molecule has 0 bridgehead atoms. The normalized spacial score (nSPS) is 37.6. The Bertz CT molecular complexity index is 159. The largest absolute Gasteiger partial charge is 0.379 e. The van der Waals surface area contributed by atoms with E-state index in [1.54, 1.807) is 0 Å². The van der Waals surface area contributed by atoms with Crippen LogP contribution in [0.1, 0.15) is 25.7 Å². The molecule has 0 N–H and O–H groups in total. The predicted molar refractivity (Wildman–Crippen MR) is 57.4 cm³/mol. The molecule has 1 saturated heterocycles. The van der Waals surface area contributed by atoms with E-state index < -0.39 is 0 Å². The highest BCUT2D eigenvalue weighted by atomic mass is 32.1. The lowest BCUT2D eigenvalue weighted by Crippen LogP contribution is -2.48. The lowest BCUT2D eigenvalue weighted by atomic mass is 9.93. The van der Waals surface area contributed by atoms with Gasteiger partial charge in [0.1, 0.15) is 0 Å². The summed E-state index contributed by atoms with van der Waals surface area (Å²) in [6.07, 6.45) is 5.40. The fourth-order valence-electron chi connectivity index (χ4n) is 2.43. The molecule has 3 heteroatoms. The van der Waals surface area contributed by atoms with Crippen LogP contribution in [0.5, 0.6) is 0 Å². The van der Waals surface area contributed by atoms with Gasteiger partial charge in [0.2, 0.25) is 0 Å². The number of hydrogen-bond donors (Lipinski definition) is 1. The fraction of sp³-hybridized carbons (Fsp3) is 1.00. The Morgan fingerprint density at radius 1 is 1.08 bits per heavy atom. The second-order valence-corrected chi connectivity index (χ2v) is 4.73. The van der Waals surface area contributed by atoms with Crippen LogP contribution < -0.4 is 0 Å². The molecular formula is C10H19NOS. The van der Waals surface area contributed by atoms with E-state index in [1.165, 1.54) is 25.7 Å². The quantitative estimate of drug-likeness (QED) is 0.646. The van der Waals surface area contributed by atoms with Crippen LogP contribution in [0.3, 0.4) is 0 Å². The molecule has 0 amide bonds. The van der Waals surface area contributed by atoms with Gasteiger partial charge < -0.3 is 4.74 Å². The monoisotopic (exact) mass is 201 g/mol. The summed E-state index contributed by atoms with van der Waals surface area (Å²) in [4.78, 5) is 2.57. The van der Waals surface area contributed by atoms with Gasteiger partial charge in [-0.25, -0.2) is 0 Å². The molecule has 2 fully saturated rings. The highest BCUT2D eigenvalue weighted by Crippen LogP contribution is 2.27. The van der Waals surface area contributed by atoms with Gasteiger partial charge >= 0.3 is 0 Å². The summed E-state index contributed by atoms with van der Waals surface area (Å²) in [6, 6.07) is 0.723. The highest BCUT2D eigenvalue weighted by molar-refractivity contribution is 7.81. The van der Waals surface area contributed by atoms with Gasteiger partial charge in [0.15, 0.2) is 0 Å². The first kappa shape index (κ1) is 9.81. The first-order valence-electron chi connectivity index (χ1n) is 5.38. The molecule has 2 atom stereocenters. The van der Waals surface area contributed by atoms with Gasteiger partial charge in [0, 0.05) is 24.4 Å². The van der Waals surface area contributed by atoms with Crippen LogP contribution in [0.25, 0.3) is 0 Å². The predicted octanol–water partition coefficient (Wildman–Crippen LogP) is 1.56. The lowest BCUT2D eigenvalue weighted by molar-refractivity contribution is 0.0103. The zero-order valence-electron chi connectivity index (χ0n) is 8.11. The van der Waals surface area contributed by atoms with E-state index in [1.807, 2.05) is 0 Å². The number of thiol groups is 1. The first-order valence-corrected chi connectivity index (χ1v) is 5.89. The highest BCUT2D eigenvalue weighted by Gasteiger charge is 2.28. The zero-order chi connectivity index (χ0) is 9.10.